The van der Waals surface area contributed by atoms with Crippen LogP contribution in [-0.4, -0.2) is 21.3 Å². The molecular weight excluding hydrogens is 308 g/mol. The highest BCUT2D eigenvalue weighted by Gasteiger charge is 2.17. The van der Waals surface area contributed by atoms with E-state index in [9.17, 15) is 15.0 Å². The van der Waals surface area contributed by atoms with Gasteiger partial charge in [-0.3, -0.25) is 0 Å². The molecule has 0 amide bonds. The van der Waals surface area contributed by atoms with Gasteiger partial charge in [0.05, 0.1) is 14.5 Å². The van der Waals surface area contributed by atoms with Crippen LogP contribution in [0.1, 0.15) is 10.4 Å². The molecule has 70 valence electrons. The van der Waals surface area contributed by atoms with Crippen molar-refractivity contribution in [3.63, 3.8) is 0 Å². The fraction of sp³-hybridized carbons (Fsp3) is 0. The summed E-state index contributed by atoms with van der Waals surface area (Å²) < 4.78 is 0.0892. The number of hydrogen-bond acceptors (Lipinski definition) is 3. The Morgan fingerprint density at radius 3 is 2.23 bits per heavy atom. The number of benzene rings is 1. The molecule has 0 aliphatic heterocycles. The lowest BCUT2D eigenvalue weighted by Gasteiger charge is -2.05. The molecular formula is C7H4Br2O4. The summed E-state index contributed by atoms with van der Waals surface area (Å²) in [6, 6.07) is 1.20. The van der Waals surface area contributed by atoms with Gasteiger partial charge in [0.25, 0.3) is 0 Å². The summed E-state index contributed by atoms with van der Waals surface area (Å²) in [5.74, 6) is -2.08. The molecule has 6 heteroatoms. The summed E-state index contributed by atoms with van der Waals surface area (Å²) in [5.41, 5.74) is -0.123. The van der Waals surface area contributed by atoms with Gasteiger partial charge in [0.1, 0.15) is 0 Å². The van der Waals surface area contributed by atoms with Crippen LogP contribution in [0.4, 0.5) is 0 Å². The Balaban J connectivity index is 3.50. The Kier molecular flexibility index (Phi) is 2.82. The van der Waals surface area contributed by atoms with Crippen LogP contribution in [0, 0.1) is 0 Å². The van der Waals surface area contributed by atoms with E-state index in [1.807, 2.05) is 0 Å². The average Bonchev–Trinajstić information content (AvgIpc) is 2.07. The molecule has 0 bridgehead atoms. The molecule has 1 rings (SSSR count). The predicted molar refractivity (Wildman–Crippen MR) is 52.1 cm³/mol. The highest BCUT2D eigenvalue weighted by Crippen LogP contribution is 2.41. The molecule has 0 fully saturated rings. The summed E-state index contributed by atoms with van der Waals surface area (Å²) >= 11 is 5.76. The van der Waals surface area contributed by atoms with Gasteiger partial charge in [-0.25, -0.2) is 4.79 Å². The number of aromatic carboxylic acids is 1. The van der Waals surface area contributed by atoms with E-state index in [1.54, 1.807) is 0 Å². The SMILES string of the molecule is O=C(O)c1cc(Br)c(O)c(O)c1Br. The van der Waals surface area contributed by atoms with E-state index in [4.69, 9.17) is 5.11 Å². The quantitative estimate of drug-likeness (QED) is 0.696. The van der Waals surface area contributed by atoms with Crippen LogP contribution in [0.25, 0.3) is 0 Å². The molecule has 0 spiro atoms. The second kappa shape index (κ2) is 3.55. The van der Waals surface area contributed by atoms with Gasteiger partial charge in [0, 0.05) is 0 Å². The number of halogens is 2. The van der Waals surface area contributed by atoms with Crippen LogP contribution >= 0.6 is 31.9 Å². The summed E-state index contributed by atoms with van der Waals surface area (Å²) in [4.78, 5) is 10.6. The van der Waals surface area contributed by atoms with Crippen LogP contribution < -0.4 is 0 Å². The molecule has 0 saturated heterocycles. The van der Waals surface area contributed by atoms with Crippen LogP contribution in [0.3, 0.4) is 0 Å². The maximum Gasteiger partial charge on any atom is 0.337 e. The van der Waals surface area contributed by atoms with Gasteiger partial charge < -0.3 is 15.3 Å². The van der Waals surface area contributed by atoms with Crippen molar-refractivity contribution in [1.29, 1.82) is 0 Å². The van der Waals surface area contributed by atoms with Crippen LogP contribution in [0.15, 0.2) is 15.0 Å². The highest BCUT2D eigenvalue weighted by molar-refractivity contribution is 9.11. The Morgan fingerprint density at radius 2 is 1.77 bits per heavy atom. The van der Waals surface area contributed by atoms with Crippen molar-refractivity contribution in [2.45, 2.75) is 0 Å². The first kappa shape index (κ1) is 10.3. The molecule has 0 aliphatic rings. The lowest BCUT2D eigenvalue weighted by atomic mass is 10.2. The number of phenolic OH excluding ortho intramolecular Hbond substituents is 2. The minimum atomic E-state index is -1.19. The second-order valence-electron chi connectivity index (χ2n) is 2.22. The Hall–Kier alpha value is -0.750. The lowest BCUT2D eigenvalue weighted by Crippen LogP contribution is -1.97. The number of carboxylic acids is 1. The fourth-order valence-electron chi connectivity index (χ4n) is 0.759. The smallest absolute Gasteiger partial charge is 0.337 e. The van der Waals surface area contributed by atoms with Crippen LogP contribution in [0.5, 0.6) is 11.5 Å². The Labute approximate surface area is 90.1 Å². The summed E-state index contributed by atoms with van der Waals surface area (Å²) in [7, 11) is 0. The van der Waals surface area contributed by atoms with Gasteiger partial charge in [-0.2, -0.15) is 0 Å². The molecule has 1 aromatic rings. The van der Waals surface area contributed by atoms with E-state index in [0.29, 0.717) is 0 Å². The largest absolute Gasteiger partial charge is 0.503 e. The molecule has 0 heterocycles. The third kappa shape index (κ3) is 1.78. The fourth-order valence-corrected chi connectivity index (χ4v) is 1.65. The van der Waals surface area contributed by atoms with Crippen molar-refractivity contribution in [3.05, 3.63) is 20.6 Å². The van der Waals surface area contributed by atoms with Crippen LogP contribution in [-0.2, 0) is 0 Å². The van der Waals surface area contributed by atoms with Gasteiger partial charge in [-0.05, 0) is 37.9 Å². The van der Waals surface area contributed by atoms with Gasteiger partial charge in [-0.1, -0.05) is 0 Å². The monoisotopic (exact) mass is 310 g/mol. The molecule has 0 radical (unpaired) electrons. The standard InChI is InChI=1S/C7H4Br2O4/c8-3-1-2(7(12)13)4(9)6(11)5(3)10/h1,10-11H,(H,12,13). The summed E-state index contributed by atoms with van der Waals surface area (Å²) in [5, 5.41) is 27.1. The molecule has 0 unspecified atom stereocenters. The first-order chi connectivity index (χ1) is 5.95. The number of phenols is 2. The van der Waals surface area contributed by atoms with Gasteiger partial charge in [-0.15, -0.1) is 0 Å². The van der Waals surface area contributed by atoms with E-state index >= 15 is 0 Å². The molecule has 0 aliphatic carbocycles. The molecule has 3 N–H and O–H groups in total. The van der Waals surface area contributed by atoms with Gasteiger partial charge in [0.15, 0.2) is 11.5 Å². The summed E-state index contributed by atoms with van der Waals surface area (Å²) in [6.45, 7) is 0. The number of carbonyl (C=O) groups is 1. The third-order valence-electron chi connectivity index (χ3n) is 1.40. The van der Waals surface area contributed by atoms with E-state index in [1.165, 1.54) is 6.07 Å². The molecule has 1 aromatic carbocycles. The Bertz CT molecular complexity index is 375. The zero-order valence-electron chi connectivity index (χ0n) is 6.08. The number of hydrogen-bond donors (Lipinski definition) is 3. The maximum atomic E-state index is 10.6. The van der Waals surface area contributed by atoms with E-state index in [-0.39, 0.29) is 14.5 Å². The second-order valence-corrected chi connectivity index (χ2v) is 3.87. The lowest BCUT2D eigenvalue weighted by molar-refractivity contribution is 0.0695. The zero-order chi connectivity index (χ0) is 10.2. The number of carboxylic acid groups (broad SMARTS) is 1. The average molecular weight is 312 g/mol. The highest BCUT2D eigenvalue weighted by atomic mass is 79.9. The van der Waals surface area contributed by atoms with Crippen molar-refractivity contribution < 1.29 is 20.1 Å². The minimum absolute atomic E-state index is 0.0410. The van der Waals surface area contributed by atoms with Crippen molar-refractivity contribution >= 4 is 37.8 Å². The van der Waals surface area contributed by atoms with E-state index < -0.39 is 17.5 Å². The minimum Gasteiger partial charge on any atom is -0.503 e. The maximum absolute atomic E-state index is 10.6. The normalized spacial score (nSPS) is 10.0. The molecule has 0 saturated carbocycles. The van der Waals surface area contributed by atoms with E-state index in [2.05, 4.69) is 31.9 Å². The van der Waals surface area contributed by atoms with Crippen molar-refractivity contribution in [3.8, 4) is 11.5 Å². The zero-order valence-corrected chi connectivity index (χ0v) is 9.26. The third-order valence-corrected chi connectivity index (χ3v) is 2.80. The first-order valence-corrected chi connectivity index (χ1v) is 4.67. The first-order valence-electron chi connectivity index (χ1n) is 3.08. The Morgan fingerprint density at radius 1 is 1.23 bits per heavy atom. The predicted octanol–water partition coefficient (Wildman–Crippen LogP) is 2.32. The van der Waals surface area contributed by atoms with Gasteiger partial charge >= 0.3 is 5.97 Å². The van der Waals surface area contributed by atoms with Gasteiger partial charge in [0.2, 0.25) is 0 Å². The van der Waals surface area contributed by atoms with Crippen LogP contribution in [0.2, 0.25) is 0 Å². The summed E-state index contributed by atoms with van der Waals surface area (Å²) in [6.07, 6.45) is 0. The molecule has 0 aromatic heterocycles. The molecule has 4 nitrogen and oxygen atoms in total. The van der Waals surface area contributed by atoms with E-state index in [0.717, 1.165) is 0 Å². The van der Waals surface area contributed by atoms with Crippen molar-refractivity contribution in [2.75, 3.05) is 0 Å². The van der Waals surface area contributed by atoms with Crippen molar-refractivity contribution in [1.82, 2.24) is 0 Å². The molecule has 13 heavy (non-hydrogen) atoms. The number of aromatic hydroxyl groups is 2. The molecule has 0 atom stereocenters. The number of rotatable bonds is 1. The van der Waals surface area contributed by atoms with Crippen molar-refractivity contribution in [2.24, 2.45) is 0 Å². The topological polar surface area (TPSA) is 77.8 Å².